The smallest absolute Gasteiger partial charge is 0.124 e. The topological polar surface area (TPSA) is 248 Å². The largest absolute Gasteiger partial charge is 0.488 e. The standard InChI is InChI=1S/C23H29ClO8.C23H27ClO7/c24-18-6-3-14(20(27)22(29)23(30)21(28)19(26)11-25)10-15(18)9-13-1-4-16(5-2-13)32-17-7-8-31-12-17;24-18-6-3-14(22-20(27)21(28)23(31-22)19(26)11-25)10-15(18)9-13-1-4-16(5-2-13)30-17-7-8-29-12-17/h1-6,10,17,19-23,25-30H,7-9,11-12H2;1-6,10,17,19-23,25-28H,7-9,11-12H2/t17-,19-,20?,21+,22-,23-;17-,19+,20?,21+,22?,23?/m00/s1. The predicted octanol–water partition coefficient (Wildman–Crippen LogP) is 2.18. The Bertz CT molecular complexity index is 2010. The number of halogens is 2. The maximum Gasteiger partial charge on any atom is 0.124 e. The Morgan fingerprint density at radius 2 is 1.13 bits per heavy atom. The Labute approximate surface area is 375 Å². The zero-order valence-corrected chi connectivity index (χ0v) is 35.9. The van der Waals surface area contributed by atoms with Gasteiger partial charge in [0.05, 0.1) is 39.6 Å². The van der Waals surface area contributed by atoms with Crippen molar-refractivity contribution in [1.29, 1.82) is 0 Å². The molecule has 4 unspecified atom stereocenters. The van der Waals surface area contributed by atoms with Crippen LogP contribution in [0.15, 0.2) is 84.9 Å². The second-order valence-electron chi connectivity index (χ2n) is 16.0. The summed E-state index contributed by atoms with van der Waals surface area (Å²) in [5.74, 6) is 1.55. The summed E-state index contributed by atoms with van der Waals surface area (Å²) in [7, 11) is 0. The van der Waals surface area contributed by atoms with Gasteiger partial charge in [0.1, 0.15) is 84.7 Å². The first-order valence-corrected chi connectivity index (χ1v) is 21.6. The van der Waals surface area contributed by atoms with Crippen molar-refractivity contribution in [2.45, 2.75) is 98.9 Å². The van der Waals surface area contributed by atoms with Gasteiger partial charge in [-0.25, -0.2) is 0 Å². The molecule has 17 heteroatoms. The van der Waals surface area contributed by atoms with E-state index in [1.807, 2.05) is 54.6 Å². The maximum absolute atomic E-state index is 10.5. The van der Waals surface area contributed by atoms with Crippen LogP contribution in [-0.2, 0) is 27.1 Å². The predicted molar refractivity (Wildman–Crippen MR) is 230 cm³/mol. The number of hydrogen-bond acceptors (Lipinski definition) is 15. The third-order valence-corrected chi connectivity index (χ3v) is 12.0. The van der Waals surface area contributed by atoms with Crippen LogP contribution in [0.1, 0.15) is 58.4 Å². The number of hydrogen-bond donors (Lipinski definition) is 10. The molecule has 63 heavy (non-hydrogen) atoms. The van der Waals surface area contributed by atoms with E-state index in [1.165, 1.54) is 6.07 Å². The molecule has 10 N–H and O–H groups in total. The number of rotatable bonds is 17. The molecular weight excluding hydrogens is 863 g/mol. The molecule has 3 heterocycles. The van der Waals surface area contributed by atoms with Crippen molar-refractivity contribution >= 4 is 23.2 Å². The minimum atomic E-state index is -1.87. The van der Waals surface area contributed by atoms with E-state index in [2.05, 4.69) is 0 Å². The lowest BCUT2D eigenvalue weighted by atomic mass is 9.93. The van der Waals surface area contributed by atoms with Gasteiger partial charge in [-0.05, 0) is 82.6 Å². The van der Waals surface area contributed by atoms with Gasteiger partial charge in [0.2, 0.25) is 0 Å². The summed E-state index contributed by atoms with van der Waals surface area (Å²) >= 11 is 12.7. The highest BCUT2D eigenvalue weighted by atomic mass is 35.5. The minimum absolute atomic E-state index is 0.0623. The zero-order valence-electron chi connectivity index (χ0n) is 34.4. The van der Waals surface area contributed by atoms with Crippen molar-refractivity contribution in [1.82, 2.24) is 0 Å². The second kappa shape index (κ2) is 23.1. The quantitative estimate of drug-likeness (QED) is 0.0730. The fourth-order valence-electron chi connectivity index (χ4n) is 7.55. The average molecular weight is 920 g/mol. The number of aliphatic hydroxyl groups excluding tert-OH is 10. The lowest BCUT2D eigenvalue weighted by Crippen LogP contribution is -2.47. The molecule has 3 aliphatic heterocycles. The lowest BCUT2D eigenvalue weighted by molar-refractivity contribution is -0.141. The molecule has 3 aliphatic rings. The van der Waals surface area contributed by atoms with E-state index in [9.17, 15) is 40.9 Å². The van der Waals surface area contributed by atoms with Gasteiger partial charge in [0.15, 0.2) is 0 Å². The van der Waals surface area contributed by atoms with Gasteiger partial charge < -0.3 is 74.7 Å². The van der Waals surface area contributed by atoms with Gasteiger partial charge >= 0.3 is 0 Å². The second-order valence-corrected chi connectivity index (χ2v) is 16.8. The molecule has 12 atom stereocenters. The van der Waals surface area contributed by atoms with E-state index in [4.69, 9.17) is 57.1 Å². The van der Waals surface area contributed by atoms with Gasteiger partial charge in [0, 0.05) is 22.9 Å². The molecular formula is C46H56Cl2O15. The first kappa shape index (κ1) is 49.0. The van der Waals surface area contributed by atoms with Crippen LogP contribution in [0.2, 0.25) is 10.0 Å². The summed E-state index contributed by atoms with van der Waals surface area (Å²) in [4.78, 5) is 0. The van der Waals surface area contributed by atoms with Crippen molar-refractivity contribution in [2.24, 2.45) is 0 Å². The monoisotopic (exact) mass is 918 g/mol. The Hall–Kier alpha value is -3.46. The fourth-order valence-corrected chi connectivity index (χ4v) is 7.92. The molecule has 0 spiro atoms. The third-order valence-electron chi connectivity index (χ3n) is 11.3. The number of ether oxygens (including phenoxy) is 5. The van der Waals surface area contributed by atoms with Crippen molar-refractivity contribution in [3.05, 3.63) is 128 Å². The molecule has 0 aliphatic carbocycles. The highest BCUT2D eigenvalue weighted by Gasteiger charge is 2.46. The Kier molecular flexibility index (Phi) is 18.0. The molecule has 0 aromatic heterocycles. The van der Waals surface area contributed by atoms with Crippen molar-refractivity contribution in [3.8, 4) is 11.5 Å². The highest BCUT2D eigenvalue weighted by Crippen LogP contribution is 2.37. The van der Waals surface area contributed by atoms with Crippen LogP contribution in [0, 0.1) is 0 Å². The van der Waals surface area contributed by atoms with Crippen LogP contribution in [0.3, 0.4) is 0 Å². The van der Waals surface area contributed by atoms with Gasteiger partial charge in [0.25, 0.3) is 0 Å². The van der Waals surface area contributed by atoms with Crippen LogP contribution in [-0.4, -0.2) is 152 Å². The third kappa shape index (κ3) is 12.9. The Morgan fingerprint density at radius 1 is 0.603 bits per heavy atom. The molecule has 0 saturated carbocycles. The van der Waals surface area contributed by atoms with Crippen LogP contribution in [0.5, 0.6) is 11.5 Å². The summed E-state index contributed by atoms with van der Waals surface area (Å²) in [6, 6.07) is 25.3. The Morgan fingerprint density at radius 3 is 1.62 bits per heavy atom. The molecule has 7 rings (SSSR count). The van der Waals surface area contributed by atoms with E-state index in [-0.39, 0.29) is 17.8 Å². The minimum Gasteiger partial charge on any atom is -0.488 e. The molecule has 0 radical (unpaired) electrons. The molecule has 15 nitrogen and oxygen atoms in total. The van der Waals surface area contributed by atoms with E-state index < -0.39 is 74.3 Å². The average Bonchev–Trinajstić information content (AvgIpc) is 4.08. The lowest BCUT2D eigenvalue weighted by Gasteiger charge is -2.28. The van der Waals surface area contributed by atoms with E-state index >= 15 is 0 Å². The highest BCUT2D eigenvalue weighted by molar-refractivity contribution is 6.31. The molecule has 0 bridgehead atoms. The first-order valence-electron chi connectivity index (χ1n) is 20.8. The summed E-state index contributed by atoms with van der Waals surface area (Å²) < 4.78 is 28.1. The SMILES string of the molecule is OC[C@@H](O)C1OC(c2ccc(Cl)c(Cc3ccc(O[C@H]4CCOC4)cc3)c2)C(O)[C@H]1O.OC[C@H](O)[C@@H](O)[C@H](O)[C@@H](O)C(O)c1ccc(Cl)c(Cc2ccc(O[C@H]3CCOC3)cc2)c1. The van der Waals surface area contributed by atoms with Gasteiger partial charge in [-0.15, -0.1) is 0 Å². The summed E-state index contributed by atoms with van der Waals surface area (Å²) in [5, 5.41) is 99.5. The van der Waals surface area contributed by atoms with Gasteiger partial charge in [-0.3, -0.25) is 0 Å². The van der Waals surface area contributed by atoms with E-state index in [1.54, 1.807) is 24.3 Å². The van der Waals surface area contributed by atoms with Crippen molar-refractivity contribution in [2.75, 3.05) is 39.6 Å². The summed E-state index contributed by atoms with van der Waals surface area (Å²) in [6.07, 6.45) is -11.5. The number of aliphatic hydroxyl groups is 10. The maximum atomic E-state index is 10.5. The van der Waals surface area contributed by atoms with E-state index in [0.717, 1.165) is 47.6 Å². The number of benzene rings is 4. The summed E-state index contributed by atoms with van der Waals surface area (Å²) in [5.41, 5.74) is 4.45. The van der Waals surface area contributed by atoms with Crippen LogP contribution in [0.4, 0.5) is 0 Å². The van der Waals surface area contributed by atoms with Crippen LogP contribution >= 0.6 is 23.2 Å². The first-order chi connectivity index (χ1) is 30.3. The molecule has 0 amide bonds. The van der Waals surface area contributed by atoms with Crippen LogP contribution in [0.25, 0.3) is 0 Å². The summed E-state index contributed by atoms with van der Waals surface area (Å²) in [6.45, 7) is 1.27. The molecule has 3 fully saturated rings. The van der Waals surface area contributed by atoms with E-state index in [0.29, 0.717) is 53.8 Å². The molecule has 344 valence electrons. The Balaban J connectivity index is 0.000000210. The van der Waals surface area contributed by atoms with Gasteiger partial charge in [-0.2, -0.15) is 0 Å². The zero-order chi connectivity index (χ0) is 45.2. The fraction of sp³-hybridized carbons (Fsp3) is 0.478. The van der Waals surface area contributed by atoms with Gasteiger partial charge in [-0.1, -0.05) is 71.7 Å². The normalized spacial score (nSPS) is 25.1. The molecule has 3 saturated heterocycles. The van der Waals surface area contributed by atoms with Crippen molar-refractivity contribution < 1.29 is 74.7 Å². The van der Waals surface area contributed by atoms with Crippen molar-refractivity contribution in [3.63, 3.8) is 0 Å². The van der Waals surface area contributed by atoms with Crippen LogP contribution < -0.4 is 9.47 Å². The molecule has 4 aromatic rings. The molecule has 4 aromatic carbocycles.